The fraction of sp³-hybridized carbons (Fsp3) is 0.188. The molecule has 0 unspecified atom stereocenters. The van der Waals surface area contributed by atoms with Gasteiger partial charge in [-0.05, 0) is 18.2 Å². The van der Waals surface area contributed by atoms with Crippen molar-refractivity contribution in [1.82, 2.24) is 15.2 Å². The lowest BCUT2D eigenvalue weighted by atomic mass is 10.0. The zero-order valence-electron chi connectivity index (χ0n) is 11.7. The maximum atomic E-state index is 12.7. The molecule has 0 bridgehead atoms. The van der Waals surface area contributed by atoms with Crippen molar-refractivity contribution in [3.63, 3.8) is 0 Å². The fourth-order valence-corrected chi connectivity index (χ4v) is 2.79. The Morgan fingerprint density at radius 1 is 1.23 bits per heavy atom. The molecule has 1 atom stereocenters. The van der Waals surface area contributed by atoms with Gasteiger partial charge in [-0.1, -0.05) is 29.8 Å². The number of hydrogen-bond donors (Lipinski definition) is 1. The van der Waals surface area contributed by atoms with Crippen LogP contribution in [0.2, 0.25) is 5.02 Å². The Bertz CT molecular complexity index is 706. The topological polar surface area (TPSA) is 62.3 Å². The second-order valence-electron chi connectivity index (χ2n) is 4.95. The van der Waals surface area contributed by atoms with Crippen LogP contribution in [0.3, 0.4) is 0 Å². The van der Waals surface area contributed by atoms with Crippen molar-refractivity contribution in [2.75, 3.05) is 13.1 Å². The molecule has 1 N–H and O–H groups in total. The van der Waals surface area contributed by atoms with Gasteiger partial charge < -0.3 is 10.2 Å². The summed E-state index contributed by atoms with van der Waals surface area (Å²) in [5.41, 5.74) is 1.13. The highest BCUT2D eigenvalue weighted by molar-refractivity contribution is 6.31. The van der Waals surface area contributed by atoms with Crippen LogP contribution in [-0.4, -0.2) is 34.8 Å². The van der Waals surface area contributed by atoms with Gasteiger partial charge in [0.25, 0.3) is 5.91 Å². The molecule has 1 aromatic carbocycles. The maximum Gasteiger partial charge on any atom is 0.254 e. The molecule has 22 heavy (non-hydrogen) atoms. The first-order chi connectivity index (χ1) is 10.7. The summed E-state index contributed by atoms with van der Waals surface area (Å²) in [5.74, 6) is -0.427. The van der Waals surface area contributed by atoms with E-state index in [9.17, 15) is 9.59 Å². The summed E-state index contributed by atoms with van der Waals surface area (Å²) >= 11 is 6.21. The molecule has 1 saturated heterocycles. The van der Waals surface area contributed by atoms with E-state index in [-0.39, 0.29) is 11.8 Å². The van der Waals surface area contributed by atoms with Crippen molar-refractivity contribution in [1.29, 1.82) is 0 Å². The minimum atomic E-state index is -0.719. The van der Waals surface area contributed by atoms with Crippen LogP contribution in [0.5, 0.6) is 0 Å². The van der Waals surface area contributed by atoms with Crippen LogP contribution in [0.4, 0.5) is 0 Å². The average molecular weight is 316 g/mol. The Morgan fingerprint density at radius 2 is 1.95 bits per heavy atom. The van der Waals surface area contributed by atoms with Gasteiger partial charge >= 0.3 is 0 Å². The third-order valence-corrected chi connectivity index (χ3v) is 3.94. The van der Waals surface area contributed by atoms with E-state index in [1.54, 1.807) is 53.7 Å². The quantitative estimate of drug-likeness (QED) is 0.922. The Hall–Kier alpha value is -2.40. The summed E-state index contributed by atoms with van der Waals surface area (Å²) in [5, 5.41) is 3.26. The molecular weight excluding hydrogens is 302 g/mol. The molecule has 1 aliphatic rings. The standard InChI is InChI=1S/C16H14ClN3O2/c17-13-4-2-1-3-12(13)14-15(21)19-9-10-20(14)16(22)11-5-7-18-8-6-11/h1-8,14H,9-10H2,(H,19,21)/t14-/m1/s1. The first-order valence-corrected chi connectivity index (χ1v) is 7.29. The van der Waals surface area contributed by atoms with Crippen LogP contribution in [-0.2, 0) is 4.79 Å². The van der Waals surface area contributed by atoms with Gasteiger partial charge in [-0.15, -0.1) is 0 Å². The maximum absolute atomic E-state index is 12.7. The molecule has 0 spiro atoms. The highest BCUT2D eigenvalue weighted by Crippen LogP contribution is 2.30. The zero-order chi connectivity index (χ0) is 15.5. The van der Waals surface area contributed by atoms with Crippen molar-refractivity contribution >= 4 is 23.4 Å². The number of hydrogen-bond acceptors (Lipinski definition) is 3. The van der Waals surface area contributed by atoms with Crippen molar-refractivity contribution in [3.8, 4) is 0 Å². The molecule has 6 heteroatoms. The van der Waals surface area contributed by atoms with E-state index in [0.717, 1.165) is 0 Å². The molecule has 5 nitrogen and oxygen atoms in total. The van der Waals surface area contributed by atoms with Gasteiger partial charge in [0.2, 0.25) is 5.91 Å². The second-order valence-corrected chi connectivity index (χ2v) is 5.36. The first kappa shape index (κ1) is 14.5. The number of piperazine rings is 1. The van der Waals surface area contributed by atoms with E-state index in [4.69, 9.17) is 11.6 Å². The van der Waals surface area contributed by atoms with E-state index in [2.05, 4.69) is 10.3 Å². The third-order valence-electron chi connectivity index (χ3n) is 3.60. The zero-order valence-corrected chi connectivity index (χ0v) is 12.5. The number of aromatic nitrogens is 1. The Labute approximate surface area is 132 Å². The molecule has 2 aromatic rings. The molecule has 112 valence electrons. The number of pyridine rings is 1. The van der Waals surface area contributed by atoms with E-state index in [1.807, 2.05) is 0 Å². The number of nitrogens with zero attached hydrogens (tertiary/aromatic N) is 2. The average Bonchev–Trinajstić information content (AvgIpc) is 2.56. The Kier molecular flexibility index (Phi) is 4.06. The van der Waals surface area contributed by atoms with Crippen molar-refractivity contribution < 1.29 is 9.59 Å². The largest absolute Gasteiger partial charge is 0.352 e. The van der Waals surface area contributed by atoms with Gasteiger partial charge in [0.05, 0.1) is 0 Å². The summed E-state index contributed by atoms with van der Waals surface area (Å²) in [4.78, 5) is 30.5. The smallest absolute Gasteiger partial charge is 0.254 e. The summed E-state index contributed by atoms with van der Waals surface area (Å²) in [6, 6.07) is 9.64. The van der Waals surface area contributed by atoms with Crippen molar-refractivity contribution in [2.45, 2.75) is 6.04 Å². The second kappa shape index (κ2) is 6.15. The number of halogens is 1. The minimum Gasteiger partial charge on any atom is -0.352 e. The predicted molar refractivity (Wildman–Crippen MR) is 82.5 cm³/mol. The van der Waals surface area contributed by atoms with E-state index in [1.165, 1.54) is 0 Å². The molecule has 1 fully saturated rings. The highest BCUT2D eigenvalue weighted by Gasteiger charge is 2.35. The van der Waals surface area contributed by atoms with Gasteiger partial charge in [0, 0.05) is 41.6 Å². The number of nitrogens with one attached hydrogen (secondary N) is 1. The van der Waals surface area contributed by atoms with Crippen molar-refractivity contribution in [3.05, 3.63) is 64.9 Å². The lowest BCUT2D eigenvalue weighted by Gasteiger charge is -2.35. The van der Waals surface area contributed by atoms with Crippen LogP contribution in [0.15, 0.2) is 48.8 Å². The normalized spacial score (nSPS) is 18.0. The molecule has 1 aromatic heterocycles. The number of rotatable bonds is 2. The van der Waals surface area contributed by atoms with Gasteiger partial charge in [0.15, 0.2) is 0 Å². The van der Waals surface area contributed by atoms with Crippen LogP contribution < -0.4 is 5.32 Å². The SMILES string of the molecule is O=C1NCCN(C(=O)c2ccncc2)[C@@H]1c1ccccc1Cl. The fourth-order valence-electron chi connectivity index (χ4n) is 2.55. The Balaban J connectivity index is 1.99. The van der Waals surface area contributed by atoms with Gasteiger partial charge in [-0.25, -0.2) is 0 Å². The molecule has 1 aliphatic heterocycles. The Morgan fingerprint density at radius 3 is 2.68 bits per heavy atom. The molecule has 0 saturated carbocycles. The predicted octanol–water partition coefficient (Wildman–Crippen LogP) is 2.05. The number of carbonyl (C=O) groups is 2. The first-order valence-electron chi connectivity index (χ1n) is 6.91. The van der Waals surface area contributed by atoms with Gasteiger partial charge in [0.1, 0.15) is 6.04 Å². The number of amides is 2. The molecule has 2 amide bonds. The molecular formula is C16H14ClN3O2. The van der Waals surface area contributed by atoms with Crippen LogP contribution in [0, 0.1) is 0 Å². The van der Waals surface area contributed by atoms with Gasteiger partial charge in [-0.3, -0.25) is 14.6 Å². The summed E-state index contributed by atoms with van der Waals surface area (Å²) in [6.45, 7) is 0.861. The summed E-state index contributed by atoms with van der Waals surface area (Å²) in [6.07, 6.45) is 3.11. The monoisotopic (exact) mass is 315 g/mol. The number of benzene rings is 1. The summed E-state index contributed by atoms with van der Waals surface area (Å²) in [7, 11) is 0. The van der Waals surface area contributed by atoms with Gasteiger partial charge in [-0.2, -0.15) is 0 Å². The molecule has 0 radical (unpaired) electrons. The van der Waals surface area contributed by atoms with Crippen LogP contribution in [0.1, 0.15) is 22.0 Å². The molecule has 3 rings (SSSR count). The number of carbonyl (C=O) groups excluding carboxylic acids is 2. The lowest BCUT2D eigenvalue weighted by Crippen LogP contribution is -2.52. The van der Waals surface area contributed by atoms with Crippen molar-refractivity contribution in [2.24, 2.45) is 0 Å². The lowest BCUT2D eigenvalue weighted by molar-refractivity contribution is -0.128. The molecule has 0 aliphatic carbocycles. The minimum absolute atomic E-state index is 0.206. The summed E-state index contributed by atoms with van der Waals surface area (Å²) < 4.78 is 0. The van der Waals surface area contributed by atoms with E-state index >= 15 is 0 Å². The molecule has 2 heterocycles. The van der Waals surface area contributed by atoms with Crippen LogP contribution in [0.25, 0.3) is 0 Å². The van der Waals surface area contributed by atoms with E-state index in [0.29, 0.717) is 29.2 Å². The van der Waals surface area contributed by atoms with Crippen LogP contribution >= 0.6 is 11.6 Å². The third kappa shape index (κ3) is 2.67. The highest BCUT2D eigenvalue weighted by atomic mass is 35.5. The van der Waals surface area contributed by atoms with E-state index < -0.39 is 6.04 Å².